The Bertz CT molecular complexity index is 1230. The van der Waals surface area contributed by atoms with Gasteiger partial charge >= 0.3 is 5.97 Å². The van der Waals surface area contributed by atoms with Crippen LogP contribution >= 0.6 is 11.6 Å². The number of aryl methyl sites for hydroxylation is 2. The van der Waals surface area contributed by atoms with Gasteiger partial charge in [-0.15, -0.1) is 0 Å². The molecule has 1 amide bonds. The Morgan fingerprint density at radius 3 is 2.70 bits per heavy atom. The van der Waals surface area contributed by atoms with Gasteiger partial charge in [-0.05, 0) is 66.8 Å². The van der Waals surface area contributed by atoms with E-state index in [0.717, 1.165) is 47.0 Å². The largest absolute Gasteiger partial charge is 0.452 e. The number of esters is 1. The number of ether oxygens (including phenoxy) is 1. The Morgan fingerprint density at radius 1 is 1.18 bits per heavy atom. The quantitative estimate of drug-likeness (QED) is 0.470. The van der Waals surface area contributed by atoms with Gasteiger partial charge in [0.25, 0.3) is 5.91 Å². The van der Waals surface area contributed by atoms with Gasteiger partial charge in [0.1, 0.15) is 0 Å². The molecule has 0 fully saturated rings. The van der Waals surface area contributed by atoms with Gasteiger partial charge in [0.2, 0.25) is 0 Å². The average molecular weight is 465 g/mol. The van der Waals surface area contributed by atoms with Crippen molar-refractivity contribution in [1.29, 1.82) is 0 Å². The minimum atomic E-state index is -0.489. The Balaban J connectivity index is 1.60. The van der Waals surface area contributed by atoms with E-state index >= 15 is 0 Å². The van der Waals surface area contributed by atoms with Gasteiger partial charge in [-0.2, -0.15) is 0 Å². The maximum Gasteiger partial charge on any atom is 0.339 e. The lowest BCUT2D eigenvalue weighted by Crippen LogP contribution is -2.29. The number of nitrogens with one attached hydrogen (secondary N) is 1. The molecule has 0 spiro atoms. The summed E-state index contributed by atoms with van der Waals surface area (Å²) in [6.07, 6.45) is 2.64. The van der Waals surface area contributed by atoms with Crippen molar-refractivity contribution < 1.29 is 14.3 Å². The van der Waals surface area contributed by atoms with Crippen LogP contribution in [0.5, 0.6) is 0 Å². The number of rotatable bonds is 4. The zero-order chi connectivity index (χ0) is 23.8. The molecule has 1 heterocycles. The molecular weight excluding hydrogens is 436 g/mol. The lowest BCUT2D eigenvalue weighted by Gasteiger charge is -2.35. The van der Waals surface area contributed by atoms with Crippen LogP contribution in [-0.2, 0) is 22.4 Å². The molecule has 0 unspecified atom stereocenters. The van der Waals surface area contributed by atoms with Crippen molar-refractivity contribution in [2.24, 2.45) is 11.3 Å². The fourth-order valence-corrected chi connectivity index (χ4v) is 4.65. The molecule has 4 rings (SSSR count). The highest BCUT2D eigenvalue weighted by atomic mass is 35.5. The van der Waals surface area contributed by atoms with E-state index in [0.29, 0.717) is 22.2 Å². The van der Waals surface area contributed by atoms with E-state index in [1.807, 2.05) is 37.3 Å². The van der Waals surface area contributed by atoms with Crippen LogP contribution < -0.4 is 5.32 Å². The predicted octanol–water partition coefficient (Wildman–Crippen LogP) is 6.14. The number of para-hydroxylation sites is 1. The first-order chi connectivity index (χ1) is 15.6. The van der Waals surface area contributed by atoms with E-state index in [1.54, 1.807) is 12.1 Å². The van der Waals surface area contributed by atoms with E-state index in [4.69, 9.17) is 21.3 Å². The van der Waals surface area contributed by atoms with Crippen molar-refractivity contribution in [2.75, 3.05) is 11.9 Å². The standard InChI is InChI=1S/C27H29ClN2O3/c1-16-9-11-18(28)14-23(16)30-24(31)15-33-26(32)25-19-7-5-6-8-21(19)29-22-12-10-17(13-20(22)25)27(2,3)4/h5-9,11,14,17H,10,12-13,15H2,1-4H3,(H,30,31)/t17-/m0/s1. The number of carbonyl (C=O) groups excluding carboxylic acids is 2. The first-order valence-corrected chi connectivity index (χ1v) is 11.6. The average Bonchev–Trinajstić information content (AvgIpc) is 2.77. The molecule has 5 nitrogen and oxygen atoms in total. The number of halogens is 1. The van der Waals surface area contributed by atoms with Gasteiger partial charge < -0.3 is 10.1 Å². The first kappa shape index (κ1) is 23.2. The second-order valence-corrected chi connectivity index (χ2v) is 10.3. The third-order valence-corrected chi connectivity index (χ3v) is 6.73. The number of anilines is 1. The van der Waals surface area contributed by atoms with E-state index in [9.17, 15) is 9.59 Å². The number of amides is 1. The Hall–Kier alpha value is -2.92. The Labute approximate surface area is 199 Å². The number of benzene rings is 2. The van der Waals surface area contributed by atoms with Crippen LogP contribution in [-0.4, -0.2) is 23.5 Å². The van der Waals surface area contributed by atoms with Crippen LogP contribution in [0.25, 0.3) is 10.9 Å². The van der Waals surface area contributed by atoms with Crippen molar-refractivity contribution >= 4 is 40.1 Å². The molecule has 3 aromatic rings. The van der Waals surface area contributed by atoms with Gasteiger partial charge in [0.05, 0.1) is 11.1 Å². The third-order valence-electron chi connectivity index (χ3n) is 6.50. The number of pyridine rings is 1. The van der Waals surface area contributed by atoms with E-state index in [-0.39, 0.29) is 12.0 Å². The normalized spacial score (nSPS) is 15.7. The number of hydrogen-bond acceptors (Lipinski definition) is 4. The van der Waals surface area contributed by atoms with Gasteiger partial charge in [-0.25, -0.2) is 4.79 Å². The fraction of sp³-hybridized carbons (Fsp3) is 0.370. The number of carbonyl (C=O) groups is 2. The minimum Gasteiger partial charge on any atom is -0.452 e. The van der Waals surface area contributed by atoms with Crippen LogP contribution in [0.15, 0.2) is 42.5 Å². The molecule has 33 heavy (non-hydrogen) atoms. The summed E-state index contributed by atoms with van der Waals surface area (Å²) in [5, 5.41) is 4.06. The highest BCUT2D eigenvalue weighted by Gasteiger charge is 2.33. The second-order valence-electron chi connectivity index (χ2n) is 9.82. The maximum atomic E-state index is 13.3. The summed E-state index contributed by atoms with van der Waals surface area (Å²) in [6, 6.07) is 12.9. The summed E-state index contributed by atoms with van der Waals surface area (Å²) in [5.74, 6) is -0.459. The zero-order valence-electron chi connectivity index (χ0n) is 19.5. The smallest absolute Gasteiger partial charge is 0.339 e. The fourth-order valence-electron chi connectivity index (χ4n) is 4.48. The van der Waals surface area contributed by atoms with E-state index in [2.05, 4.69) is 26.1 Å². The summed E-state index contributed by atoms with van der Waals surface area (Å²) in [5.41, 5.74) is 4.83. The molecule has 172 valence electrons. The topological polar surface area (TPSA) is 68.3 Å². The Morgan fingerprint density at radius 2 is 1.94 bits per heavy atom. The molecule has 1 aliphatic carbocycles. The predicted molar refractivity (Wildman–Crippen MR) is 132 cm³/mol. The van der Waals surface area contributed by atoms with Gasteiger partial charge in [0, 0.05) is 21.8 Å². The lowest BCUT2D eigenvalue weighted by molar-refractivity contribution is -0.119. The summed E-state index contributed by atoms with van der Waals surface area (Å²) in [6.45, 7) is 8.20. The molecule has 1 aromatic heterocycles. The van der Waals surface area contributed by atoms with Gasteiger partial charge in [-0.1, -0.05) is 56.6 Å². The molecule has 0 saturated carbocycles. The molecule has 0 radical (unpaired) electrons. The molecule has 0 aliphatic heterocycles. The Kier molecular flexibility index (Phi) is 6.44. The molecular formula is C27H29ClN2O3. The summed E-state index contributed by atoms with van der Waals surface area (Å²) in [7, 11) is 0. The van der Waals surface area contributed by atoms with Crippen molar-refractivity contribution in [2.45, 2.75) is 47.0 Å². The molecule has 0 bridgehead atoms. The van der Waals surface area contributed by atoms with Crippen LogP contribution in [0.1, 0.15) is 54.4 Å². The monoisotopic (exact) mass is 464 g/mol. The first-order valence-electron chi connectivity index (χ1n) is 11.3. The molecule has 2 aromatic carbocycles. The second kappa shape index (κ2) is 9.14. The van der Waals surface area contributed by atoms with Crippen LogP contribution in [0, 0.1) is 18.3 Å². The van der Waals surface area contributed by atoms with Crippen LogP contribution in [0.4, 0.5) is 5.69 Å². The molecule has 1 N–H and O–H groups in total. The third kappa shape index (κ3) is 5.03. The van der Waals surface area contributed by atoms with Crippen molar-refractivity contribution in [3.8, 4) is 0 Å². The van der Waals surface area contributed by atoms with Crippen molar-refractivity contribution in [1.82, 2.24) is 4.98 Å². The lowest BCUT2D eigenvalue weighted by atomic mass is 9.70. The zero-order valence-corrected chi connectivity index (χ0v) is 20.3. The maximum absolute atomic E-state index is 13.3. The van der Waals surface area contributed by atoms with Gasteiger partial charge in [-0.3, -0.25) is 9.78 Å². The summed E-state index contributed by atoms with van der Waals surface area (Å²) in [4.78, 5) is 30.7. The van der Waals surface area contributed by atoms with Crippen LogP contribution in [0.2, 0.25) is 5.02 Å². The summed E-state index contributed by atoms with van der Waals surface area (Å²) >= 11 is 6.03. The number of aromatic nitrogens is 1. The highest BCUT2D eigenvalue weighted by molar-refractivity contribution is 6.31. The number of nitrogens with zero attached hydrogens (tertiary/aromatic N) is 1. The van der Waals surface area contributed by atoms with Crippen molar-refractivity contribution in [3.05, 3.63) is 69.9 Å². The SMILES string of the molecule is Cc1ccc(Cl)cc1NC(=O)COC(=O)c1c2c(nc3ccccc13)CC[C@H](C(C)(C)C)C2. The molecule has 0 saturated heterocycles. The van der Waals surface area contributed by atoms with Gasteiger partial charge in [0.15, 0.2) is 6.61 Å². The molecule has 1 aliphatic rings. The van der Waals surface area contributed by atoms with Crippen LogP contribution in [0.3, 0.4) is 0 Å². The molecule has 6 heteroatoms. The van der Waals surface area contributed by atoms with Crippen molar-refractivity contribution in [3.63, 3.8) is 0 Å². The highest BCUT2D eigenvalue weighted by Crippen LogP contribution is 2.39. The number of hydrogen-bond donors (Lipinski definition) is 1. The number of fused-ring (bicyclic) bond motifs is 2. The molecule has 1 atom stereocenters. The summed E-state index contributed by atoms with van der Waals surface area (Å²) < 4.78 is 5.52. The van der Waals surface area contributed by atoms with E-state index in [1.165, 1.54) is 0 Å². The minimum absolute atomic E-state index is 0.124. The van der Waals surface area contributed by atoms with E-state index < -0.39 is 11.9 Å².